The molecule has 0 saturated heterocycles. The van der Waals surface area contributed by atoms with Crippen LogP contribution in [-0.2, 0) is 12.8 Å². The Labute approximate surface area is 125 Å². The minimum Gasteiger partial charge on any atom is -0.508 e. The Kier molecular flexibility index (Phi) is 4.02. The summed E-state index contributed by atoms with van der Waals surface area (Å²) in [6, 6.07) is 26.4. The minimum atomic E-state index is 0.317. The van der Waals surface area contributed by atoms with E-state index in [4.69, 9.17) is 0 Å². The predicted octanol–water partition coefficient (Wildman–Crippen LogP) is 4.84. The van der Waals surface area contributed by atoms with Gasteiger partial charge in [0.2, 0.25) is 0 Å². The first-order chi connectivity index (χ1) is 10.3. The Morgan fingerprint density at radius 3 is 2.05 bits per heavy atom. The van der Waals surface area contributed by atoms with Gasteiger partial charge in [0.05, 0.1) is 0 Å². The average Bonchev–Trinajstić information content (AvgIpc) is 2.55. The number of hydrogen-bond donors (Lipinski definition) is 1. The molecular weight excluding hydrogens is 256 g/mol. The van der Waals surface area contributed by atoms with E-state index in [1.165, 1.54) is 11.1 Å². The van der Waals surface area contributed by atoms with Gasteiger partial charge < -0.3 is 5.11 Å². The number of rotatable bonds is 4. The lowest BCUT2D eigenvalue weighted by Gasteiger charge is -2.11. The van der Waals surface area contributed by atoms with Crippen molar-refractivity contribution in [2.24, 2.45) is 0 Å². The van der Waals surface area contributed by atoms with Crippen molar-refractivity contribution in [3.63, 3.8) is 0 Å². The minimum absolute atomic E-state index is 0.317. The first kappa shape index (κ1) is 13.4. The van der Waals surface area contributed by atoms with Crippen molar-refractivity contribution in [3.8, 4) is 16.9 Å². The van der Waals surface area contributed by atoms with Crippen LogP contribution in [0.2, 0.25) is 0 Å². The Morgan fingerprint density at radius 1 is 0.667 bits per heavy atom. The maximum atomic E-state index is 9.78. The summed E-state index contributed by atoms with van der Waals surface area (Å²) in [5, 5.41) is 9.78. The summed E-state index contributed by atoms with van der Waals surface area (Å²) in [4.78, 5) is 0. The van der Waals surface area contributed by atoms with Crippen molar-refractivity contribution in [2.75, 3.05) is 0 Å². The Bertz CT molecular complexity index is 702. The maximum absolute atomic E-state index is 9.78. The third-order valence-electron chi connectivity index (χ3n) is 3.70. The highest BCUT2D eigenvalue weighted by atomic mass is 16.3. The van der Waals surface area contributed by atoms with E-state index in [0.717, 1.165) is 24.0 Å². The van der Waals surface area contributed by atoms with Crippen LogP contribution in [0.25, 0.3) is 11.1 Å². The molecule has 0 heterocycles. The molecule has 0 spiro atoms. The van der Waals surface area contributed by atoms with Crippen molar-refractivity contribution in [3.05, 3.63) is 90.0 Å². The quantitative estimate of drug-likeness (QED) is 0.721. The van der Waals surface area contributed by atoms with E-state index >= 15 is 0 Å². The fourth-order valence-corrected chi connectivity index (χ4v) is 2.59. The Balaban J connectivity index is 1.88. The van der Waals surface area contributed by atoms with E-state index in [2.05, 4.69) is 36.4 Å². The van der Waals surface area contributed by atoms with Crippen molar-refractivity contribution in [1.29, 1.82) is 0 Å². The van der Waals surface area contributed by atoms with Crippen LogP contribution in [0.4, 0.5) is 0 Å². The number of aryl methyl sites for hydroxylation is 2. The molecule has 0 radical (unpaired) electrons. The summed E-state index contributed by atoms with van der Waals surface area (Å²) in [5.74, 6) is 0.317. The third-order valence-corrected chi connectivity index (χ3v) is 3.70. The fourth-order valence-electron chi connectivity index (χ4n) is 2.59. The SMILES string of the molecule is Oc1ccc(CCc2ccccc2)c(-c2ccccc2)c1. The molecule has 1 heteroatoms. The molecule has 0 aliphatic rings. The molecule has 0 saturated carbocycles. The van der Waals surface area contributed by atoms with E-state index in [1.54, 1.807) is 6.07 Å². The normalized spacial score (nSPS) is 10.5. The highest BCUT2D eigenvalue weighted by Crippen LogP contribution is 2.28. The average molecular weight is 274 g/mol. The smallest absolute Gasteiger partial charge is 0.116 e. The molecule has 1 N–H and O–H groups in total. The molecule has 3 aromatic rings. The lowest BCUT2D eigenvalue weighted by Crippen LogP contribution is -1.94. The standard InChI is InChI=1S/C20H18O/c21-19-14-13-18(12-11-16-7-3-1-4-8-16)20(15-19)17-9-5-2-6-10-17/h1-10,13-15,21H,11-12H2. The molecule has 3 rings (SSSR count). The summed E-state index contributed by atoms with van der Waals surface area (Å²) < 4.78 is 0. The molecule has 0 unspecified atom stereocenters. The Hall–Kier alpha value is -2.54. The molecule has 104 valence electrons. The molecule has 1 nitrogen and oxygen atoms in total. The molecule has 0 bridgehead atoms. The van der Waals surface area contributed by atoms with Crippen LogP contribution >= 0.6 is 0 Å². The Morgan fingerprint density at radius 2 is 1.33 bits per heavy atom. The van der Waals surface area contributed by atoms with Gasteiger partial charge in [0.1, 0.15) is 5.75 Å². The number of phenols is 1. The van der Waals surface area contributed by atoms with Gasteiger partial charge >= 0.3 is 0 Å². The molecule has 21 heavy (non-hydrogen) atoms. The van der Waals surface area contributed by atoms with Gasteiger partial charge in [-0.05, 0) is 47.2 Å². The summed E-state index contributed by atoms with van der Waals surface area (Å²) >= 11 is 0. The van der Waals surface area contributed by atoms with Gasteiger partial charge in [0.15, 0.2) is 0 Å². The summed E-state index contributed by atoms with van der Waals surface area (Å²) in [7, 11) is 0. The number of benzene rings is 3. The third kappa shape index (κ3) is 3.32. The predicted molar refractivity (Wildman–Crippen MR) is 87.4 cm³/mol. The zero-order chi connectivity index (χ0) is 14.5. The van der Waals surface area contributed by atoms with Crippen molar-refractivity contribution >= 4 is 0 Å². The van der Waals surface area contributed by atoms with Crippen LogP contribution in [0.3, 0.4) is 0 Å². The second-order valence-corrected chi connectivity index (χ2v) is 5.19. The summed E-state index contributed by atoms with van der Waals surface area (Å²) in [5.41, 5.74) is 4.87. The molecule has 0 amide bonds. The van der Waals surface area contributed by atoms with Gasteiger partial charge in [-0.15, -0.1) is 0 Å². The number of phenolic OH excluding ortho intramolecular Hbond substituents is 1. The lowest BCUT2D eigenvalue weighted by atomic mass is 9.95. The summed E-state index contributed by atoms with van der Waals surface area (Å²) in [6.07, 6.45) is 1.97. The molecule has 0 aliphatic carbocycles. The molecule has 0 atom stereocenters. The first-order valence-corrected chi connectivity index (χ1v) is 7.24. The van der Waals surface area contributed by atoms with E-state index in [9.17, 15) is 5.11 Å². The van der Waals surface area contributed by atoms with Crippen molar-refractivity contribution < 1.29 is 5.11 Å². The molecule has 0 fully saturated rings. The van der Waals surface area contributed by atoms with Gasteiger partial charge in [-0.1, -0.05) is 66.7 Å². The molecule has 3 aromatic carbocycles. The van der Waals surface area contributed by atoms with Crippen molar-refractivity contribution in [1.82, 2.24) is 0 Å². The second kappa shape index (κ2) is 6.27. The largest absolute Gasteiger partial charge is 0.508 e. The van der Waals surface area contributed by atoms with Crippen molar-refractivity contribution in [2.45, 2.75) is 12.8 Å². The highest BCUT2D eigenvalue weighted by Gasteiger charge is 2.06. The van der Waals surface area contributed by atoms with Crippen LogP contribution in [0.15, 0.2) is 78.9 Å². The van der Waals surface area contributed by atoms with Gasteiger partial charge in [-0.25, -0.2) is 0 Å². The van der Waals surface area contributed by atoms with Gasteiger partial charge in [-0.3, -0.25) is 0 Å². The molecule has 0 aromatic heterocycles. The van der Waals surface area contributed by atoms with Crippen LogP contribution in [0.5, 0.6) is 5.75 Å². The van der Waals surface area contributed by atoms with Crippen LogP contribution < -0.4 is 0 Å². The zero-order valence-electron chi connectivity index (χ0n) is 11.9. The second-order valence-electron chi connectivity index (χ2n) is 5.19. The zero-order valence-corrected chi connectivity index (χ0v) is 11.9. The van der Waals surface area contributed by atoms with Gasteiger partial charge in [0, 0.05) is 0 Å². The van der Waals surface area contributed by atoms with Crippen LogP contribution in [0, 0.1) is 0 Å². The van der Waals surface area contributed by atoms with E-state index < -0.39 is 0 Å². The van der Waals surface area contributed by atoms with Gasteiger partial charge in [0.25, 0.3) is 0 Å². The monoisotopic (exact) mass is 274 g/mol. The highest BCUT2D eigenvalue weighted by molar-refractivity contribution is 5.69. The van der Waals surface area contributed by atoms with Crippen LogP contribution in [-0.4, -0.2) is 5.11 Å². The van der Waals surface area contributed by atoms with Crippen LogP contribution in [0.1, 0.15) is 11.1 Å². The topological polar surface area (TPSA) is 20.2 Å². The summed E-state index contributed by atoms with van der Waals surface area (Å²) in [6.45, 7) is 0. The molecule has 0 aliphatic heterocycles. The number of aromatic hydroxyl groups is 1. The fraction of sp³-hybridized carbons (Fsp3) is 0.100. The maximum Gasteiger partial charge on any atom is 0.116 e. The first-order valence-electron chi connectivity index (χ1n) is 7.24. The molecular formula is C20H18O. The number of hydrogen-bond acceptors (Lipinski definition) is 1. The lowest BCUT2D eigenvalue weighted by molar-refractivity contribution is 0.475. The van der Waals surface area contributed by atoms with E-state index in [0.29, 0.717) is 5.75 Å². The van der Waals surface area contributed by atoms with E-state index in [-0.39, 0.29) is 0 Å². The van der Waals surface area contributed by atoms with E-state index in [1.807, 2.05) is 36.4 Å². The van der Waals surface area contributed by atoms with Gasteiger partial charge in [-0.2, -0.15) is 0 Å².